The fraction of sp³-hybridized carbons (Fsp3) is 0.815. The van der Waals surface area contributed by atoms with Crippen LogP contribution in [0, 0.1) is 34.5 Å². The summed E-state index contributed by atoms with van der Waals surface area (Å²) in [6.45, 7) is 11.7. The molecule has 8 atom stereocenters. The van der Waals surface area contributed by atoms with Crippen LogP contribution >= 0.6 is 0 Å². The van der Waals surface area contributed by atoms with Crippen LogP contribution in [-0.2, 0) is 19.2 Å². The fourth-order valence-electron chi connectivity index (χ4n) is 8.30. The van der Waals surface area contributed by atoms with Gasteiger partial charge in [0.05, 0.1) is 12.3 Å². The Hall–Kier alpha value is -1.53. The van der Waals surface area contributed by atoms with E-state index in [9.17, 15) is 9.59 Å². The summed E-state index contributed by atoms with van der Waals surface area (Å²) in [6, 6.07) is 0. The SMILES string of the molecule is C1CN2CC2O1.CC(=O)ON=C(C)C1CCC2C3CCC4=CC(=O)CCC4(C)C3CCC12C. The van der Waals surface area contributed by atoms with Crippen LogP contribution in [-0.4, -0.2) is 48.3 Å². The van der Waals surface area contributed by atoms with Crippen LogP contribution in [0.25, 0.3) is 0 Å². The molecule has 6 rings (SSSR count). The summed E-state index contributed by atoms with van der Waals surface area (Å²) in [6.07, 6.45) is 11.5. The molecule has 2 heterocycles. The second-order valence-electron chi connectivity index (χ2n) is 11.8. The second kappa shape index (κ2) is 8.60. The summed E-state index contributed by atoms with van der Waals surface area (Å²) in [7, 11) is 0. The summed E-state index contributed by atoms with van der Waals surface area (Å²) < 4.78 is 5.15. The van der Waals surface area contributed by atoms with E-state index in [4.69, 9.17) is 9.57 Å². The summed E-state index contributed by atoms with van der Waals surface area (Å²) in [5.41, 5.74) is 2.92. The second-order valence-corrected chi connectivity index (χ2v) is 11.8. The molecule has 0 aromatic heterocycles. The van der Waals surface area contributed by atoms with Crippen molar-refractivity contribution in [3.63, 3.8) is 0 Å². The van der Waals surface area contributed by atoms with E-state index in [-0.39, 0.29) is 16.8 Å². The molecule has 5 fully saturated rings. The lowest BCUT2D eigenvalue weighted by Crippen LogP contribution is -2.51. The van der Waals surface area contributed by atoms with E-state index in [0.29, 0.717) is 23.8 Å². The number of nitrogens with zero attached hydrogens (tertiary/aromatic N) is 2. The number of hydrogen-bond acceptors (Lipinski definition) is 6. The number of ether oxygens (including phenoxy) is 1. The molecule has 0 N–H and O–H groups in total. The van der Waals surface area contributed by atoms with Crippen molar-refractivity contribution >= 4 is 17.5 Å². The predicted octanol–water partition coefficient (Wildman–Crippen LogP) is 4.73. The van der Waals surface area contributed by atoms with Crippen molar-refractivity contribution in [2.45, 2.75) is 85.3 Å². The smallest absolute Gasteiger partial charge is 0.331 e. The first-order valence-corrected chi connectivity index (χ1v) is 13.0. The highest BCUT2D eigenvalue weighted by Gasteiger charge is 2.59. The van der Waals surface area contributed by atoms with Gasteiger partial charge in [0.1, 0.15) is 6.23 Å². The summed E-state index contributed by atoms with van der Waals surface area (Å²) in [5.74, 6) is 2.60. The van der Waals surface area contributed by atoms with E-state index < -0.39 is 0 Å². The monoisotopic (exact) mass is 456 g/mol. The average Bonchev–Trinajstić information content (AvgIpc) is 3.20. The Labute approximate surface area is 198 Å². The van der Waals surface area contributed by atoms with Gasteiger partial charge in [0, 0.05) is 32.4 Å². The van der Waals surface area contributed by atoms with Crippen molar-refractivity contribution in [3.05, 3.63) is 11.6 Å². The molecule has 6 aliphatic rings. The van der Waals surface area contributed by atoms with Gasteiger partial charge in [-0.1, -0.05) is 24.6 Å². The molecule has 0 radical (unpaired) electrons. The Morgan fingerprint density at radius 1 is 1.12 bits per heavy atom. The van der Waals surface area contributed by atoms with Crippen molar-refractivity contribution in [2.75, 3.05) is 19.7 Å². The molecule has 33 heavy (non-hydrogen) atoms. The van der Waals surface area contributed by atoms with E-state index in [1.54, 1.807) is 0 Å². The Balaban J connectivity index is 0.000000324. The third-order valence-electron chi connectivity index (χ3n) is 10.1. The molecular formula is C27H40N2O4. The predicted molar refractivity (Wildman–Crippen MR) is 126 cm³/mol. The van der Waals surface area contributed by atoms with Crippen LogP contribution in [0.3, 0.4) is 0 Å². The number of morpholine rings is 1. The number of oxime groups is 1. The molecule has 0 aromatic rings. The zero-order chi connectivity index (χ0) is 23.4. The van der Waals surface area contributed by atoms with Crippen molar-refractivity contribution in [2.24, 2.45) is 39.7 Å². The Morgan fingerprint density at radius 2 is 1.94 bits per heavy atom. The highest BCUT2D eigenvalue weighted by atomic mass is 16.7. The molecule has 0 aromatic carbocycles. The summed E-state index contributed by atoms with van der Waals surface area (Å²) in [5, 5.41) is 4.15. The molecule has 4 aliphatic carbocycles. The van der Waals surface area contributed by atoms with Crippen LogP contribution in [0.15, 0.2) is 16.8 Å². The first-order valence-electron chi connectivity index (χ1n) is 13.0. The molecule has 182 valence electrons. The van der Waals surface area contributed by atoms with Gasteiger partial charge in [-0.3, -0.25) is 9.69 Å². The maximum Gasteiger partial charge on any atom is 0.331 e. The van der Waals surface area contributed by atoms with Crippen LogP contribution in [0.5, 0.6) is 0 Å². The van der Waals surface area contributed by atoms with E-state index in [1.165, 1.54) is 51.3 Å². The van der Waals surface area contributed by atoms with Crippen LogP contribution in [0.2, 0.25) is 0 Å². The molecule has 6 nitrogen and oxygen atoms in total. The number of fused-ring (bicyclic) bond motifs is 6. The third-order valence-corrected chi connectivity index (χ3v) is 10.1. The zero-order valence-electron chi connectivity index (χ0n) is 20.8. The van der Waals surface area contributed by atoms with Gasteiger partial charge in [-0.15, -0.1) is 0 Å². The molecule has 2 aliphatic heterocycles. The minimum absolute atomic E-state index is 0.233. The minimum atomic E-state index is -0.343. The highest BCUT2D eigenvalue weighted by molar-refractivity contribution is 5.91. The van der Waals surface area contributed by atoms with Gasteiger partial charge in [-0.25, -0.2) is 4.79 Å². The molecular weight excluding hydrogens is 416 g/mol. The standard InChI is InChI=1S/C23H33NO3.C4H7NO/c1-14(24-27-15(2)25)19-7-8-20-18-6-5-16-13-17(26)9-11-22(16,3)21(18)10-12-23(19,20)4;1-2-6-4-3-5(1)4/h13,18-21H,5-12H2,1-4H3;4H,1-3H2. The largest absolute Gasteiger partial charge is 0.360 e. The van der Waals surface area contributed by atoms with Crippen LogP contribution in [0.1, 0.15) is 79.1 Å². The number of allylic oxidation sites excluding steroid dienone is 1. The van der Waals surface area contributed by atoms with Crippen LogP contribution in [0.4, 0.5) is 0 Å². The number of rotatable bonds is 2. The van der Waals surface area contributed by atoms with Crippen molar-refractivity contribution < 1.29 is 19.2 Å². The normalized spacial score (nSPS) is 45.5. The van der Waals surface area contributed by atoms with Gasteiger partial charge < -0.3 is 9.57 Å². The number of carbonyl (C=O) groups is 2. The third kappa shape index (κ3) is 4.12. The summed E-state index contributed by atoms with van der Waals surface area (Å²) in [4.78, 5) is 30.4. The minimum Gasteiger partial charge on any atom is -0.360 e. The molecule has 6 heteroatoms. The lowest BCUT2D eigenvalue weighted by atomic mass is 9.46. The van der Waals surface area contributed by atoms with Gasteiger partial charge in [-0.05, 0) is 86.5 Å². The lowest BCUT2D eigenvalue weighted by Gasteiger charge is -2.58. The number of hydrogen-bond donors (Lipinski definition) is 0. The van der Waals surface area contributed by atoms with Gasteiger partial charge in [0.15, 0.2) is 5.78 Å². The molecule has 2 saturated heterocycles. The zero-order valence-corrected chi connectivity index (χ0v) is 20.8. The van der Waals surface area contributed by atoms with Gasteiger partial charge in [0.25, 0.3) is 0 Å². The average molecular weight is 457 g/mol. The first-order chi connectivity index (χ1) is 15.7. The van der Waals surface area contributed by atoms with Gasteiger partial charge in [0.2, 0.25) is 0 Å². The highest BCUT2D eigenvalue weighted by Crippen LogP contribution is 2.66. The first kappa shape index (κ1) is 23.2. The Bertz CT molecular complexity index is 873. The molecule has 0 amide bonds. The Morgan fingerprint density at radius 3 is 2.58 bits per heavy atom. The van der Waals surface area contributed by atoms with Crippen LogP contribution < -0.4 is 0 Å². The quantitative estimate of drug-likeness (QED) is 0.260. The molecule has 0 spiro atoms. The van der Waals surface area contributed by atoms with Gasteiger partial charge in [-0.2, -0.15) is 0 Å². The molecule has 0 bridgehead atoms. The number of carbonyl (C=O) groups excluding carboxylic acids is 2. The maximum atomic E-state index is 12.0. The van der Waals surface area contributed by atoms with Crippen molar-refractivity contribution in [1.29, 1.82) is 0 Å². The molecule has 3 saturated carbocycles. The number of ketones is 1. The van der Waals surface area contributed by atoms with E-state index in [2.05, 4.69) is 23.9 Å². The summed E-state index contributed by atoms with van der Waals surface area (Å²) >= 11 is 0. The van der Waals surface area contributed by atoms with Crippen molar-refractivity contribution in [3.8, 4) is 0 Å². The Kier molecular flexibility index (Phi) is 6.05. The molecule has 8 unspecified atom stereocenters. The topological polar surface area (TPSA) is 68.0 Å². The van der Waals surface area contributed by atoms with Crippen molar-refractivity contribution in [1.82, 2.24) is 4.90 Å². The van der Waals surface area contributed by atoms with E-state index in [0.717, 1.165) is 49.8 Å². The van der Waals surface area contributed by atoms with E-state index >= 15 is 0 Å². The van der Waals surface area contributed by atoms with Gasteiger partial charge >= 0.3 is 5.97 Å². The maximum absolute atomic E-state index is 12.0. The fourth-order valence-corrected chi connectivity index (χ4v) is 8.30. The van der Waals surface area contributed by atoms with E-state index in [1.807, 2.05) is 13.0 Å². The lowest BCUT2D eigenvalue weighted by molar-refractivity contribution is -0.141.